The minimum absolute atomic E-state index is 0.296. The van der Waals surface area contributed by atoms with E-state index in [0.717, 1.165) is 0 Å². The fourth-order valence-corrected chi connectivity index (χ4v) is 1.35. The SMILES string of the molecule is C[C@@H](NC(=O)COc1ccc(Cl)c(Cl)c1)C(=O)O. The number of nitrogens with one attached hydrogen (secondary N) is 1. The van der Waals surface area contributed by atoms with E-state index in [9.17, 15) is 9.59 Å². The maximum Gasteiger partial charge on any atom is 0.325 e. The first-order valence-electron chi connectivity index (χ1n) is 5.00. The molecule has 0 aliphatic heterocycles. The highest BCUT2D eigenvalue weighted by Gasteiger charge is 2.14. The topological polar surface area (TPSA) is 75.6 Å². The number of halogens is 2. The fourth-order valence-electron chi connectivity index (χ4n) is 1.06. The minimum Gasteiger partial charge on any atom is -0.484 e. The van der Waals surface area contributed by atoms with E-state index in [-0.39, 0.29) is 6.61 Å². The van der Waals surface area contributed by atoms with Crippen LogP contribution in [-0.4, -0.2) is 29.6 Å². The number of hydrogen-bond acceptors (Lipinski definition) is 3. The number of carboxylic acids is 1. The molecule has 1 amide bonds. The average molecular weight is 292 g/mol. The lowest BCUT2D eigenvalue weighted by molar-refractivity contribution is -0.141. The van der Waals surface area contributed by atoms with Gasteiger partial charge in [-0.3, -0.25) is 9.59 Å². The number of amides is 1. The normalized spacial score (nSPS) is 11.7. The van der Waals surface area contributed by atoms with E-state index in [4.69, 9.17) is 33.0 Å². The van der Waals surface area contributed by atoms with Gasteiger partial charge in [0.15, 0.2) is 6.61 Å². The Morgan fingerprint density at radius 2 is 2.06 bits per heavy atom. The van der Waals surface area contributed by atoms with Crippen LogP contribution < -0.4 is 10.1 Å². The van der Waals surface area contributed by atoms with Crippen molar-refractivity contribution in [2.24, 2.45) is 0 Å². The molecule has 0 saturated carbocycles. The predicted molar refractivity (Wildman–Crippen MR) is 67.2 cm³/mol. The van der Waals surface area contributed by atoms with Crippen LogP contribution in [0.15, 0.2) is 18.2 Å². The smallest absolute Gasteiger partial charge is 0.325 e. The van der Waals surface area contributed by atoms with E-state index in [2.05, 4.69) is 5.32 Å². The molecule has 2 N–H and O–H groups in total. The third-order valence-electron chi connectivity index (χ3n) is 2.01. The number of aliphatic carboxylic acids is 1. The van der Waals surface area contributed by atoms with Crippen LogP contribution in [0.4, 0.5) is 0 Å². The first-order chi connectivity index (χ1) is 8.40. The summed E-state index contributed by atoms with van der Waals surface area (Å²) < 4.78 is 5.14. The van der Waals surface area contributed by atoms with E-state index in [1.807, 2.05) is 0 Å². The van der Waals surface area contributed by atoms with E-state index >= 15 is 0 Å². The van der Waals surface area contributed by atoms with Crippen LogP contribution >= 0.6 is 23.2 Å². The van der Waals surface area contributed by atoms with Gasteiger partial charge in [0.05, 0.1) is 10.0 Å². The van der Waals surface area contributed by atoms with Crippen molar-refractivity contribution in [3.05, 3.63) is 28.2 Å². The number of carbonyl (C=O) groups excluding carboxylic acids is 1. The number of hydrogen-bond donors (Lipinski definition) is 2. The Balaban J connectivity index is 2.47. The number of carboxylic acid groups (broad SMARTS) is 1. The average Bonchev–Trinajstić information content (AvgIpc) is 2.30. The molecule has 0 aliphatic carbocycles. The van der Waals surface area contributed by atoms with Gasteiger partial charge in [-0.15, -0.1) is 0 Å². The Labute approximate surface area is 114 Å². The molecule has 0 fully saturated rings. The molecule has 1 rings (SSSR count). The highest BCUT2D eigenvalue weighted by Crippen LogP contribution is 2.26. The van der Waals surface area contributed by atoms with Crippen LogP contribution in [0.3, 0.4) is 0 Å². The predicted octanol–water partition coefficient (Wildman–Crippen LogP) is 1.96. The Kier molecular flexibility index (Phi) is 5.25. The molecule has 0 radical (unpaired) electrons. The van der Waals surface area contributed by atoms with Crippen molar-refractivity contribution in [3.8, 4) is 5.75 Å². The summed E-state index contributed by atoms with van der Waals surface area (Å²) >= 11 is 11.5. The summed E-state index contributed by atoms with van der Waals surface area (Å²) in [5.41, 5.74) is 0. The summed E-state index contributed by atoms with van der Waals surface area (Å²) in [6.45, 7) is 1.06. The van der Waals surface area contributed by atoms with Crippen molar-refractivity contribution in [1.29, 1.82) is 0 Å². The van der Waals surface area contributed by atoms with Crippen molar-refractivity contribution >= 4 is 35.1 Å². The zero-order valence-electron chi connectivity index (χ0n) is 9.44. The van der Waals surface area contributed by atoms with Gasteiger partial charge < -0.3 is 15.2 Å². The van der Waals surface area contributed by atoms with Crippen LogP contribution in [0, 0.1) is 0 Å². The van der Waals surface area contributed by atoms with Crippen LogP contribution in [0.1, 0.15) is 6.92 Å². The van der Waals surface area contributed by atoms with Gasteiger partial charge in [0.2, 0.25) is 0 Å². The lowest BCUT2D eigenvalue weighted by atomic mass is 10.3. The second-order valence-corrected chi connectivity index (χ2v) is 4.31. The van der Waals surface area contributed by atoms with Crippen LogP contribution in [0.25, 0.3) is 0 Å². The molecule has 98 valence electrons. The molecule has 0 aliphatic rings. The summed E-state index contributed by atoms with van der Waals surface area (Å²) in [4.78, 5) is 21.8. The molecule has 1 atom stereocenters. The van der Waals surface area contributed by atoms with E-state index in [1.54, 1.807) is 6.07 Å². The molecule has 5 nitrogen and oxygen atoms in total. The van der Waals surface area contributed by atoms with Gasteiger partial charge in [-0.25, -0.2) is 0 Å². The summed E-state index contributed by atoms with van der Waals surface area (Å²) in [6, 6.07) is 3.60. The van der Waals surface area contributed by atoms with Crippen LogP contribution in [-0.2, 0) is 9.59 Å². The number of rotatable bonds is 5. The van der Waals surface area contributed by atoms with E-state index in [1.165, 1.54) is 19.1 Å². The molecule has 0 bridgehead atoms. The van der Waals surface area contributed by atoms with Crippen LogP contribution in [0.2, 0.25) is 10.0 Å². The molecule has 0 spiro atoms. The van der Waals surface area contributed by atoms with Crippen molar-refractivity contribution < 1.29 is 19.4 Å². The molecule has 0 unspecified atom stereocenters. The zero-order valence-corrected chi connectivity index (χ0v) is 11.0. The molecule has 18 heavy (non-hydrogen) atoms. The highest BCUT2D eigenvalue weighted by atomic mass is 35.5. The van der Waals surface area contributed by atoms with Crippen molar-refractivity contribution in [2.45, 2.75) is 13.0 Å². The summed E-state index contributed by atoms with van der Waals surface area (Å²) in [6.07, 6.45) is 0. The van der Waals surface area contributed by atoms with Gasteiger partial charge in [-0.2, -0.15) is 0 Å². The third kappa shape index (κ3) is 4.43. The van der Waals surface area contributed by atoms with Gasteiger partial charge >= 0.3 is 5.97 Å². The Morgan fingerprint density at radius 1 is 1.39 bits per heavy atom. The second kappa shape index (κ2) is 6.47. The summed E-state index contributed by atoms with van der Waals surface area (Å²) in [5.74, 6) is -1.27. The van der Waals surface area contributed by atoms with Crippen molar-refractivity contribution in [3.63, 3.8) is 0 Å². The quantitative estimate of drug-likeness (QED) is 0.870. The van der Waals surface area contributed by atoms with Crippen molar-refractivity contribution in [2.75, 3.05) is 6.61 Å². The Bertz CT molecular complexity index is 464. The zero-order chi connectivity index (χ0) is 13.7. The van der Waals surface area contributed by atoms with Gasteiger partial charge in [-0.1, -0.05) is 23.2 Å². The standard InChI is InChI=1S/C11H11Cl2NO4/c1-6(11(16)17)14-10(15)5-18-7-2-3-8(12)9(13)4-7/h2-4,6H,5H2,1H3,(H,14,15)(H,16,17)/t6-/m1/s1. The molecule has 0 heterocycles. The molecule has 7 heteroatoms. The lowest BCUT2D eigenvalue weighted by Crippen LogP contribution is -2.40. The van der Waals surface area contributed by atoms with E-state index < -0.39 is 17.9 Å². The van der Waals surface area contributed by atoms with E-state index in [0.29, 0.717) is 15.8 Å². The molecule has 1 aromatic carbocycles. The van der Waals surface area contributed by atoms with Gasteiger partial charge in [0.1, 0.15) is 11.8 Å². The van der Waals surface area contributed by atoms with Gasteiger partial charge in [0.25, 0.3) is 5.91 Å². The molecule has 0 saturated heterocycles. The maximum absolute atomic E-state index is 11.3. The Morgan fingerprint density at radius 3 is 2.61 bits per heavy atom. The third-order valence-corrected chi connectivity index (χ3v) is 2.75. The number of carbonyl (C=O) groups is 2. The maximum atomic E-state index is 11.3. The first-order valence-corrected chi connectivity index (χ1v) is 5.75. The molecular formula is C11H11Cl2NO4. The lowest BCUT2D eigenvalue weighted by Gasteiger charge is -2.10. The number of benzene rings is 1. The van der Waals surface area contributed by atoms with Crippen LogP contribution in [0.5, 0.6) is 5.75 Å². The fraction of sp³-hybridized carbons (Fsp3) is 0.273. The van der Waals surface area contributed by atoms with Crippen molar-refractivity contribution in [1.82, 2.24) is 5.32 Å². The monoisotopic (exact) mass is 291 g/mol. The molecule has 1 aromatic rings. The summed E-state index contributed by atoms with van der Waals surface area (Å²) in [5, 5.41) is 11.5. The molecular weight excluding hydrogens is 281 g/mol. The number of ether oxygens (including phenoxy) is 1. The minimum atomic E-state index is -1.11. The largest absolute Gasteiger partial charge is 0.484 e. The van der Waals surface area contributed by atoms with Gasteiger partial charge in [-0.05, 0) is 19.1 Å². The van der Waals surface area contributed by atoms with Gasteiger partial charge in [0, 0.05) is 6.07 Å². The highest BCUT2D eigenvalue weighted by molar-refractivity contribution is 6.42. The molecule has 0 aromatic heterocycles. The second-order valence-electron chi connectivity index (χ2n) is 3.49. The Hall–Kier alpha value is -1.46. The summed E-state index contributed by atoms with van der Waals surface area (Å²) in [7, 11) is 0. The first kappa shape index (κ1) is 14.6.